The van der Waals surface area contributed by atoms with E-state index < -0.39 is 5.41 Å². The average Bonchev–Trinajstić information content (AvgIpc) is 3.14. The second-order valence-electron chi connectivity index (χ2n) is 6.74. The van der Waals surface area contributed by atoms with E-state index in [1.807, 2.05) is 45.0 Å². The highest BCUT2D eigenvalue weighted by Crippen LogP contribution is 2.30. The Morgan fingerprint density at radius 1 is 1.23 bits per heavy atom. The first-order valence-corrected chi connectivity index (χ1v) is 8.44. The normalized spacial score (nSPS) is 14.7. The van der Waals surface area contributed by atoms with Crippen LogP contribution in [0.15, 0.2) is 29.6 Å². The van der Waals surface area contributed by atoms with Crippen molar-refractivity contribution in [2.24, 2.45) is 5.41 Å². The van der Waals surface area contributed by atoms with E-state index in [0.29, 0.717) is 6.04 Å². The molecule has 1 heterocycles. The summed E-state index contributed by atoms with van der Waals surface area (Å²) in [7, 11) is 0. The molecule has 1 aromatic carbocycles. The molecule has 0 atom stereocenters. The van der Waals surface area contributed by atoms with E-state index in [-0.39, 0.29) is 5.91 Å². The number of benzene rings is 1. The van der Waals surface area contributed by atoms with E-state index >= 15 is 0 Å². The predicted octanol–water partition coefficient (Wildman–Crippen LogP) is 4.37. The highest BCUT2D eigenvalue weighted by Gasteiger charge is 2.22. The fourth-order valence-electron chi connectivity index (χ4n) is 1.92. The van der Waals surface area contributed by atoms with Gasteiger partial charge in [-0.2, -0.15) is 0 Å². The molecule has 0 bridgehead atoms. The summed E-state index contributed by atoms with van der Waals surface area (Å²) in [6.07, 6.45) is 2.49. The van der Waals surface area contributed by atoms with Crippen molar-refractivity contribution in [3.63, 3.8) is 0 Å². The summed E-state index contributed by atoms with van der Waals surface area (Å²) in [5.74, 6) is 0.0184. The van der Waals surface area contributed by atoms with Crippen molar-refractivity contribution in [2.45, 2.75) is 39.7 Å². The van der Waals surface area contributed by atoms with Crippen LogP contribution >= 0.6 is 11.3 Å². The molecule has 1 fully saturated rings. The van der Waals surface area contributed by atoms with Crippen LogP contribution in [0.1, 0.15) is 33.6 Å². The molecule has 4 nitrogen and oxygen atoms in total. The standard InChI is InChI=1S/C17H21N3OS/c1-17(2,3)15(21)18-12-6-4-11(5-7-12)14-10-22-16(20-14)19-13-8-9-13/h4-7,10,13H,8-9H2,1-3H3,(H,18,21)(H,19,20). The van der Waals surface area contributed by atoms with E-state index in [1.165, 1.54) is 12.8 Å². The SMILES string of the molecule is CC(C)(C)C(=O)Nc1ccc(-c2csc(NC3CC3)n2)cc1. The summed E-state index contributed by atoms with van der Waals surface area (Å²) < 4.78 is 0. The molecule has 22 heavy (non-hydrogen) atoms. The lowest BCUT2D eigenvalue weighted by molar-refractivity contribution is -0.123. The Bertz CT molecular complexity index is 666. The number of nitrogens with one attached hydrogen (secondary N) is 2. The zero-order valence-corrected chi connectivity index (χ0v) is 14.0. The second kappa shape index (κ2) is 5.72. The molecule has 1 aliphatic carbocycles. The molecule has 0 unspecified atom stereocenters. The molecule has 1 amide bonds. The van der Waals surface area contributed by atoms with Gasteiger partial charge < -0.3 is 10.6 Å². The number of carbonyl (C=O) groups excluding carboxylic acids is 1. The topological polar surface area (TPSA) is 54.0 Å². The molecule has 1 aromatic heterocycles. The van der Waals surface area contributed by atoms with Gasteiger partial charge in [0.25, 0.3) is 0 Å². The lowest BCUT2D eigenvalue weighted by Crippen LogP contribution is -2.27. The Labute approximate surface area is 135 Å². The van der Waals surface area contributed by atoms with E-state index in [9.17, 15) is 4.79 Å². The van der Waals surface area contributed by atoms with Crippen LogP contribution in [0.5, 0.6) is 0 Å². The van der Waals surface area contributed by atoms with Gasteiger partial charge in [-0.25, -0.2) is 4.98 Å². The summed E-state index contributed by atoms with van der Waals surface area (Å²) in [6, 6.07) is 8.45. The van der Waals surface area contributed by atoms with Crippen molar-refractivity contribution in [1.29, 1.82) is 0 Å². The first kappa shape index (κ1) is 15.0. The van der Waals surface area contributed by atoms with Crippen LogP contribution < -0.4 is 10.6 Å². The average molecular weight is 315 g/mol. The monoisotopic (exact) mass is 315 g/mol. The van der Waals surface area contributed by atoms with Gasteiger partial charge in [-0.1, -0.05) is 32.9 Å². The van der Waals surface area contributed by atoms with E-state index in [4.69, 9.17) is 0 Å². The maximum absolute atomic E-state index is 12.0. The molecule has 0 saturated heterocycles. The number of anilines is 2. The number of thiazole rings is 1. The maximum atomic E-state index is 12.0. The van der Waals surface area contributed by atoms with Crippen LogP contribution in [0.2, 0.25) is 0 Å². The number of hydrogen-bond donors (Lipinski definition) is 2. The first-order chi connectivity index (χ1) is 10.4. The molecule has 1 saturated carbocycles. The third-order valence-corrected chi connectivity index (χ3v) is 4.30. The maximum Gasteiger partial charge on any atom is 0.229 e. The van der Waals surface area contributed by atoms with Crippen LogP contribution in [-0.4, -0.2) is 16.9 Å². The van der Waals surface area contributed by atoms with Gasteiger partial charge in [-0.3, -0.25) is 4.79 Å². The van der Waals surface area contributed by atoms with Gasteiger partial charge in [0.1, 0.15) is 0 Å². The smallest absolute Gasteiger partial charge is 0.229 e. The van der Waals surface area contributed by atoms with Gasteiger partial charge in [0.05, 0.1) is 5.69 Å². The van der Waals surface area contributed by atoms with E-state index in [0.717, 1.165) is 22.1 Å². The number of amides is 1. The van der Waals surface area contributed by atoms with Crippen molar-refractivity contribution in [2.75, 3.05) is 10.6 Å². The molecule has 3 rings (SSSR count). The van der Waals surface area contributed by atoms with Crippen molar-refractivity contribution < 1.29 is 4.79 Å². The Kier molecular flexibility index (Phi) is 3.91. The quantitative estimate of drug-likeness (QED) is 0.881. The zero-order chi connectivity index (χ0) is 15.7. The van der Waals surface area contributed by atoms with Crippen molar-refractivity contribution in [1.82, 2.24) is 4.98 Å². The fraction of sp³-hybridized carbons (Fsp3) is 0.412. The molecule has 116 valence electrons. The summed E-state index contributed by atoms with van der Waals surface area (Å²) in [5, 5.41) is 9.39. The van der Waals surface area contributed by atoms with Crippen LogP contribution in [0.4, 0.5) is 10.8 Å². The van der Waals surface area contributed by atoms with Gasteiger partial charge in [0, 0.05) is 28.1 Å². The molecule has 0 spiro atoms. The summed E-state index contributed by atoms with van der Waals surface area (Å²) >= 11 is 1.64. The van der Waals surface area contributed by atoms with Crippen LogP contribution in [0.25, 0.3) is 11.3 Å². The molecule has 2 N–H and O–H groups in total. The second-order valence-corrected chi connectivity index (χ2v) is 7.60. The molecular weight excluding hydrogens is 294 g/mol. The molecular formula is C17H21N3OS. The minimum Gasteiger partial charge on any atom is -0.359 e. The third-order valence-electron chi connectivity index (χ3n) is 3.53. The Balaban J connectivity index is 1.68. The summed E-state index contributed by atoms with van der Waals surface area (Å²) in [4.78, 5) is 16.6. The van der Waals surface area contributed by atoms with Crippen LogP contribution in [-0.2, 0) is 4.79 Å². The lowest BCUT2D eigenvalue weighted by atomic mass is 9.95. The predicted molar refractivity (Wildman–Crippen MR) is 92.3 cm³/mol. The van der Waals surface area contributed by atoms with Crippen LogP contribution in [0.3, 0.4) is 0 Å². The molecule has 0 radical (unpaired) electrons. The molecule has 2 aromatic rings. The molecule has 5 heteroatoms. The third kappa shape index (κ3) is 3.65. The highest BCUT2D eigenvalue weighted by atomic mass is 32.1. The lowest BCUT2D eigenvalue weighted by Gasteiger charge is -2.17. The minimum atomic E-state index is -0.392. The van der Waals surface area contributed by atoms with Crippen LogP contribution in [0, 0.1) is 5.41 Å². The molecule has 1 aliphatic rings. The van der Waals surface area contributed by atoms with Gasteiger partial charge >= 0.3 is 0 Å². The van der Waals surface area contributed by atoms with Gasteiger partial charge in [-0.15, -0.1) is 11.3 Å². The summed E-state index contributed by atoms with van der Waals surface area (Å²) in [5.41, 5.74) is 2.46. The largest absolute Gasteiger partial charge is 0.359 e. The number of hydrogen-bond acceptors (Lipinski definition) is 4. The van der Waals surface area contributed by atoms with Crippen molar-refractivity contribution >= 4 is 28.1 Å². The first-order valence-electron chi connectivity index (χ1n) is 7.56. The Hall–Kier alpha value is -1.88. The highest BCUT2D eigenvalue weighted by molar-refractivity contribution is 7.14. The van der Waals surface area contributed by atoms with Gasteiger partial charge in [-0.05, 0) is 25.0 Å². The number of rotatable bonds is 4. The summed E-state index contributed by atoms with van der Waals surface area (Å²) in [6.45, 7) is 5.71. The number of nitrogens with zero attached hydrogens (tertiary/aromatic N) is 1. The fourth-order valence-corrected chi connectivity index (χ4v) is 2.72. The van der Waals surface area contributed by atoms with Gasteiger partial charge in [0.2, 0.25) is 5.91 Å². The van der Waals surface area contributed by atoms with E-state index in [1.54, 1.807) is 11.3 Å². The van der Waals surface area contributed by atoms with Gasteiger partial charge in [0.15, 0.2) is 5.13 Å². The number of carbonyl (C=O) groups is 1. The van der Waals surface area contributed by atoms with Crippen molar-refractivity contribution in [3.05, 3.63) is 29.6 Å². The Morgan fingerprint density at radius 2 is 1.91 bits per heavy atom. The van der Waals surface area contributed by atoms with E-state index in [2.05, 4.69) is 21.0 Å². The number of aromatic nitrogens is 1. The Morgan fingerprint density at radius 3 is 2.50 bits per heavy atom. The van der Waals surface area contributed by atoms with Crippen molar-refractivity contribution in [3.8, 4) is 11.3 Å². The molecule has 0 aliphatic heterocycles. The zero-order valence-electron chi connectivity index (χ0n) is 13.1. The minimum absolute atomic E-state index is 0.0184.